The van der Waals surface area contributed by atoms with Gasteiger partial charge in [0, 0.05) is 24.7 Å². The van der Waals surface area contributed by atoms with E-state index in [4.69, 9.17) is 0 Å². The molecule has 2 aromatic rings. The molecule has 3 unspecified atom stereocenters. The highest BCUT2D eigenvalue weighted by molar-refractivity contribution is 5.92. The van der Waals surface area contributed by atoms with Crippen LogP contribution in [0.1, 0.15) is 53.7 Å². The largest absolute Gasteiger partial charge is 0.417 e. The summed E-state index contributed by atoms with van der Waals surface area (Å²) in [4.78, 5) is 18.5. The van der Waals surface area contributed by atoms with E-state index in [1.54, 1.807) is 4.90 Å². The minimum atomic E-state index is -4.49. The Labute approximate surface area is 167 Å². The highest BCUT2D eigenvalue weighted by Gasteiger charge is 2.50. The van der Waals surface area contributed by atoms with Crippen molar-refractivity contribution in [2.45, 2.75) is 49.9 Å². The van der Waals surface area contributed by atoms with E-state index in [2.05, 4.69) is 4.98 Å². The van der Waals surface area contributed by atoms with Crippen LogP contribution in [-0.2, 0) is 11.8 Å². The van der Waals surface area contributed by atoms with E-state index in [1.165, 1.54) is 0 Å². The molecule has 4 nitrogen and oxygen atoms in total. The Hall–Kier alpha value is -2.41. The molecule has 1 aliphatic heterocycles. The molecule has 3 atom stereocenters. The lowest BCUT2D eigenvalue weighted by molar-refractivity contribution is -0.137. The van der Waals surface area contributed by atoms with Gasteiger partial charge in [-0.2, -0.15) is 13.2 Å². The molecule has 2 aliphatic rings. The standard InChI is InChI=1S/C22H23F3N2O2/c23-22(24,25)16-10-11-18(26-14-16)20(28)27-13-12-21(29,15-6-2-1-3-7-15)17-8-4-5-9-19(17)27/h1-3,6-7,10-11,14,17,19,29H,4-5,8-9,12-13H2. The Morgan fingerprint density at radius 2 is 1.83 bits per heavy atom. The van der Waals surface area contributed by atoms with E-state index < -0.39 is 17.3 Å². The number of benzene rings is 1. The summed E-state index contributed by atoms with van der Waals surface area (Å²) in [6, 6.07) is 11.4. The van der Waals surface area contributed by atoms with Gasteiger partial charge in [-0.05, 0) is 37.0 Å². The second kappa shape index (κ2) is 7.44. The predicted octanol–water partition coefficient (Wildman–Crippen LogP) is 4.39. The maximum atomic E-state index is 13.1. The number of carbonyl (C=O) groups is 1. The van der Waals surface area contributed by atoms with Gasteiger partial charge in [0.05, 0.1) is 11.2 Å². The van der Waals surface area contributed by atoms with Gasteiger partial charge in [-0.1, -0.05) is 43.2 Å². The summed E-state index contributed by atoms with van der Waals surface area (Å²) in [6.07, 6.45) is 0.125. The van der Waals surface area contributed by atoms with E-state index in [9.17, 15) is 23.1 Å². The number of piperidine rings is 1. The lowest BCUT2D eigenvalue weighted by atomic mass is 9.66. The molecule has 154 valence electrons. The third-order valence-electron chi connectivity index (χ3n) is 6.32. The van der Waals surface area contributed by atoms with Gasteiger partial charge < -0.3 is 10.0 Å². The summed E-state index contributed by atoms with van der Waals surface area (Å²) >= 11 is 0. The lowest BCUT2D eigenvalue weighted by Crippen LogP contribution is -2.59. The van der Waals surface area contributed by atoms with E-state index in [0.29, 0.717) is 19.2 Å². The van der Waals surface area contributed by atoms with Gasteiger partial charge >= 0.3 is 6.18 Å². The monoisotopic (exact) mass is 404 g/mol. The number of likely N-dealkylation sites (tertiary alicyclic amines) is 1. The smallest absolute Gasteiger partial charge is 0.385 e. The third kappa shape index (κ3) is 3.64. The maximum absolute atomic E-state index is 13.1. The molecule has 2 heterocycles. The fourth-order valence-electron chi connectivity index (χ4n) is 4.86. The average molecular weight is 404 g/mol. The first kappa shape index (κ1) is 19.9. The SMILES string of the molecule is O=C(c1ccc(C(F)(F)F)cn1)N1CCC(O)(c2ccccc2)C2CCCCC21. The number of amides is 1. The number of aromatic nitrogens is 1. The van der Waals surface area contributed by atoms with E-state index in [0.717, 1.165) is 43.4 Å². The molecule has 2 fully saturated rings. The zero-order valence-corrected chi connectivity index (χ0v) is 15.9. The summed E-state index contributed by atoms with van der Waals surface area (Å²) in [5.74, 6) is -0.475. The number of hydrogen-bond donors (Lipinski definition) is 1. The first-order valence-electron chi connectivity index (χ1n) is 9.93. The van der Waals surface area contributed by atoms with Crippen LogP contribution in [0.25, 0.3) is 0 Å². The van der Waals surface area contributed by atoms with Crippen molar-refractivity contribution in [2.24, 2.45) is 5.92 Å². The van der Waals surface area contributed by atoms with Gasteiger partial charge in [-0.25, -0.2) is 0 Å². The number of pyridine rings is 1. The molecular weight excluding hydrogens is 381 g/mol. The number of alkyl halides is 3. The zero-order valence-electron chi connectivity index (χ0n) is 15.9. The first-order chi connectivity index (χ1) is 13.8. The molecule has 1 saturated carbocycles. The van der Waals surface area contributed by atoms with Crippen LogP contribution in [0.4, 0.5) is 13.2 Å². The summed E-state index contributed by atoms with van der Waals surface area (Å²) in [5.41, 5.74) is -1.01. The second-order valence-corrected chi connectivity index (χ2v) is 7.93. The van der Waals surface area contributed by atoms with E-state index >= 15 is 0 Å². The van der Waals surface area contributed by atoms with Crippen molar-refractivity contribution in [1.82, 2.24) is 9.88 Å². The van der Waals surface area contributed by atoms with Gasteiger partial charge in [0.2, 0.25) is 0 Å². The van der Waals surface area contributed by atoms with Crippen LogP contribution in [0.2, 0.25) is 0 Å². The van der Waals surface area contributed by atoms with Crippen molar-refractivity contribution in [3.63, 3.8) is 0 Å². The number of aliphatic hydroxyl groups is 1. The molecule has 1 aromatic carbocycles. The highest BCUT2D eigenvalue weighted by Crippen LogP contribution is 2.47. The molecule has 0 bridgehead atoms. The van der Waals surface area contributed by atoms with Crippen molar-refractivity contribution in [3.8, 4) is 0 Å². The fourth-order valence-corrected chi connectivity index (χ4v) is 4.86. The summed E-state index contributed by atoms with van der Waals surface area (Å²) in [6.45, 7) is 0.341. The van der Waals surface area contributed by atoms with Crippen LogP contribution in [0, 0.1) is 5.92 Å². The fraction of sp³-hybridized carbons (Fsp3) is 0.455. The molecule has 1 aliphatic carbocycles. The first-order valence-corrected chi connectivity index (χ1v) is 9.93. The van der Waals surface area contributed by atoms with Crippen molar-refractivity contribution >= 4 is 5.91 Å². The summed E-state index contributed by atoms with van der Waals surface area (Å²) in [7, 11) is 0. The summed E-state index contributed by atoms with van der Waals surface area (Å²) in [5, 5.41) is 11.6. The Morgan fingerprint density at radius 1 is 1.10 bits per heavy atom. The summed E-state index contributed by atoms with van der Waals surface area (Å²) < 4.78 is 38.3. The van der Waals surface area contributed by atoms with Crippen LogP contribution < -0.4 is 0 Å². The third-order valence-corrected chi connectivity index (χ3v) is 6.32. The predicted molar refractivity (Wildman–Crippen MR) is 101 cm³/mol. The second-order valence-electron chi connectivity index (χ2n) is 7.93. The van der Waals surface area contributed by atoms with Gasteiger partial charge in [-0.3, -0.25) is 9.78 Å². The van der Waals surface area contributed by atoms with Crippen LogP contribution in [-0.4, -0.2) is 33.5 Å². The Kier molecular flexibility index (Phi) is 5.11. The Balaban J connectivity index is 1.60. The lowest BCUT2D eigenvalue weighted by Gasteiger charge is -2.52. The molecule has 29 heavy (non-hydrogen) atoms. The van der Waals surface area contributed by atoms with Crippen molar-refractivity contribution in [2.75, 3.05) is 6.54 Å². The van der Waals surface area contributed by atoms with E-state index in [1.807, 2.05) is 30.3 Å². The van der Waals surface area contributed by atoms with Gasteiger partial charge in [0.1, 0.15) is 5.69 Å². The maximum Gasteiger partial charge on any atom is 0.417 e. The molecular formula is C22H23F3N2O2. The van der Waals surface area contributed by atoms with Crippen LogP contribution in [0.5, 0.6) is 0 Å². The molecule has 0 radical (unpaired) electrons. The van der Waals surface area contributed by atoms with Crippen LogP contribution in [0.3, 0.4) is 0 Å². The highest BCUT2D eigenvalue weighted by atomic mass is 19.4. The molecule has 7 heteroatoms. The van der Waals surface area contributed by atoms with Gasteiger partial charge in [-0.15, -0.1) is 0 Å². The van der Waals surface area contributed by atoms with Gasteiger partial charge in [0.15, 0.2) is 0 Å². The van der Waals surface area contributed by atoms with Gasteiger partial charge in [0.25, 0.3) is 5.91 Å². The quantitative estimate of drug-likeness (QED) is 0.808. The number of rotatable bonds is 2. The molecule has 4 rings (SSSR count). The van der Waals surface area contributed by atoms with Crippen molar-refractivity contribution in [3.05, 3.63) is 65.5 Å². The van der Waals surface area contributed by atoms with Crippen molar-refractivity contribution < 1.29 is 23.1 Å². The molecule has 0 spiro atoms. The normalized spacial score (nSPS) is 27.4. The number of hydrogen-bond acceptors (Lipinski definition) is 3. The minimum Gasteiger partial charge on any atom is -0.385 e. The Bertz CT molecular complexity index is 870. The average Bonchev–Trinajstić information content (AvgIpc) is 2.74. The molecule has 1 saturated heterocycles. The number of carbonyl (C=O) groups excluding carboxylic acids is 1. The Morgan fingerprint density at radius 3 is 2.48 bits per heavy atom. The molecule has 1 aromatic heterocycles. The minimum absolute atomic E-state index is 0.00692. The van der Waals surface area contributed by atoms with Crippen LogP contribution in [0.15, 0.2) is 48.7 Å². The van der Waals surface area contributed by atoms with Crippen LogP contribution >= 0.6 is 0 Å². The van der Waals surface area contributed by atoms with Crippen molar-refractivity contribution in [1.29, 1.82) is 0 Å². The zero-order chi connectivity index (χ0) is 20.6. The topological polar surface area (TPSA) is 53.4 Å². The van der Waals surface area contributed by atoms with E-state index in [-0.39, 0.29) is 23.6 Å². The molecule has 1 N–H and O–H groups in total. The molecule has 1 amide bonds. The number of fused-ring (bicyclic) bond motifs is 1. The number of halogens is 3. The number of nitrogens with zero attached hydrogens (tertiary/aromatic N) is 2.